The summed E-state index contributed by atoms with van der Waals surface area (Å²) in [6, 6.07) is -6.04. The zero-order valence-corrected chi connectivity index (χ0v) is 40.7. The molecule has 0 fully saturated rings. The van der Waals surface area contributed by atoms with E-state index in [0.717, 1.165) is 0 Å². The van der Waals surface area contributed by atoms with Gasteiger partial charge in [-0.1, -0.05) is 39.8 Å². The lowest BCUT2D eigenvalue weighted by molar-refractivity contribution is -0.142. The Morgan fingerprint density at radius 2 is 0.986 bits per heavy atom. The van der Waals surface area contributed by atoms with Gasteiger partial charge >= 0.3 is 5.97 Å². The minimum Gasteiger partial charge on any atom is -0.508 e. The predicted octanol–water partition coefficient (Wildman–Crippen LogP) is -4.66. The third-order valence-corrected chi connectivity index (χ3v) is 10.6. The molecule has 1 rings (SSSR count). The number of nitrogens with zero attached hydrogens (tertiary/aromatic N) is 1. The quantitative estimate of drug-likeness (QED) is 0.0136. The number of primary amides is 2. The molecule has 0 heterocycles. The number of benzene rings is 1. The molecule has 1 aromatic carbocycles. The van der Waals surface area contributed by atoms with Crippen molar-refractivity contribution < 1.29 is 63.3 Å². The predicted molar refractivity (Wildman–Crippen MR) is 258 cm³/mol. The Morgan fingerprint density at radius 3 is 1.44 bits per heavy atom. The molecule has 392 valence electrons. The third kappa shape index (κ3) is 24.0. The topological polar surface area (TPSA) is 458 Å². The third-order valence-electron chi connectivity index (χ3n) is 10.2. The van der Waals surface area contributed by atoms with Gasteiger partial charge in [-0.15, -0.1) is 0 Å². The van der Waals surface area contributed by atoms with Crippen LogP contribution in [0.15, 0.2) is 29.3 Å². The number of phenols is 1. The van der Waals surface area contributed by atoms with E-state index < -0.39 is 133 Å². The van der Waals surface area contributed by atoms with Crippen molar-refractivity contribution in [2.75, 3.05) is 18.9 Å². The number of hydrogen-bond acceptors (Lipinski definition) is 15. The summed E-state index contributed by atoms with van der Waals surface area (Å²) in [5.74, 6) is -10.7. The van der Waals surface area contributed by atoms with E-state index in [1.165, 1.54) is 24.3 Å². The smallest absolute Gasteiger partial charge is 0.326 e. The lowest BCUT2D eigenvalue weighted by Crippen LogP contribution is -2.61. The average molecular weight is 1010 g/mol. The van der Waals surface area contributed by atoms with Crippen LogP contribution < -0.4 is 65.9 Å². The molecule has 0 bridgehead atoms. The molecule has 26 nitrogen and oxygen atoms in total. The fourth-order valence-electron chi connectivity index (χ4n) is 6.57. The van der Waals surface area contributed by atoms with Gasteiger partial charge in [-0.3, -0.25) is 48.1 Å². The number of aliphatic hydroxyl groups excluding tert-OH is 1. The lowest BCUT2D eigenvalue weighted by Gasteiger charge is -2.28. The van der Waals surface area contributed by atoms with E-state index in [0.29, 0.717) is 5.56 Å². The van der Waals surface area contributed by atoms with Crippen LogP contribution in [0.5, 0.6) is 5.75 Å². The van der Waals surface area contributed by atoms with Crippen molar-refractivity contribution in [1.82, 2.24) is 37.2 Å². The molecule has 0 radical (unpaired) electrons. The van der Waals surface area contributed by atoms with Crippen LogP contribution in [-0.4, -0.2) is 148 Å². The lowest BCUT2D eigenvalue weighted by atomic mass is 9.99. The number of aromatic hydroxyl groups is 1. The van der Waals surface area contributed by atoms with Gasteiger partial charge in [0.15, 0.2) is 5.96 Å². The van der Waals surface area contributed by atoms with Crippen molar-refractivity contribution in [2.45, 2.75) is 134 Å². The summed E-state index contributed by atoms with van der Waals surface area (Å²) in [6.45, 7) is 6.27. The Labute approximate surface area is 411 Å². The first-order chi connectivity index (χ1) is 32.8. The number of nitrogens with two attached hydrogens (primary N) is 5. The monoisotopic (exact) mass is 1010 g/mol. The Hall–Kier alpha value is -6.74. The van der Waals surface area contributed by atoms with Crippen molar-refractivity contribution in [2.24, 2.45) is 45.5 Å². The number of thiol groups is 1. The fourth-order valence-corrected chi connectivity index (χ4v) is 6.82. The van der Waals surface area contributed by atoms with Crippen LogP contribution in [0, 0.1) is 11.8 Å². The Kier molecular flexibility index (Phi) is 27.5. The standard InChI is InChI=1S/C43H71N13O13S/c1-21(2)16-25(44)35(61)55-31(19-57)40(66)56-32(20-70)41(67)51-27(12-14-34(46)60)37(63)53-29(17-22(3)4)38(64)54-30(18-23-7-9-24(58)10-8-23)39(65)50-26(11-13-33(45)59)36(62)52-28(42(68)69)6-5-15-49-43(47)48/h7-10,21-22,25-32,57-58,70H,5-6,11-20,44H2,1-4H3,(H2,45,59)(H2,46,60)(H,50,65)(H,51,67)(H,52,62)(H,53,63)(H,54,64)(H,55,61)(H,56,66)(H,68,69)(H4,47,48,49)/t25-,26+,27-,28-,29-,30-,31-,32-/m0/s1. The van der Waals surface area contributed by atoms with Crippen LogP contribution in [0.25, 0.3) is 0 Å². The van der Waals surface area contributed by atoms with Gasteiger partial charge < -0.3 is 81.2 Å². The van der Waals surface area contributed by atoms with E-state index >= 15 is 0 Å². The first-order valence-electron chi connectivity index (χ1n) is 22.5. The maximum atomic E-state index is 14.2. The van der Waals surface area contributed by atoms with Crippen LogP contribution in [-0.2, 0) is 54.4 Å². The van der Waals surface area contributed by atoms with Gasteiger partial charge in [-0.2, -0.15) is 12.6 Å². The minimum atomic E-state index is -1.56. The van der Waals surface area contributed by atoms with Crippen molar-refractivity contribution >= 4 is 77.7 Å². The van der Waals surface area contributed by atoms with Gasteiger partial charge in [-0.25, -0.2) is 4.79 Å². The molecule has 70 heavy (non-hydrogen) atoms. The van der Waals surface area contributed by atoms with E-state index in [4.69, 9.17) is 28.7 Å². The molecule has 0 aliphatic heterocycles. The van der Waals surface area contributed by atoms with E-state index in [1.807, 2.05) is 13.8 Å². The van der Waals surface area contributed by atoms with Crippen LogP contribution in [0.3, 0.4) is 0 Å². The van der Waals surface area contributed by atoms with Crippen LogP contribution in [0.1, 0.15) is 84.6 Å². The summed E-state index contributed by atoms with van der Waals surface area (Å²) in [4.78, 5) is 135. The molecule has 20 N–H and O–H groups in total. The zero-order chi connectivity index (χ0) is 53.2. The van der Waals surface area contributed by atoms with Gasteiger partial charge in [0.1, 0.15) is 48.0 Å². The first-order valence-corrected chi connectivity index (χ1v) is 23.1. The number of aliphatic hydroxyl groups is 1. The van der Waals surface area contributed by atoms with Gasteiger partial charge in [0.2, 0.25) is 53.2 Å². The highest BCUT2D eigenvalue weighted by atomic mass is 32.1. The Bertz CT molecular complexity index is 1990. The highest BCUT2D eigenvalue weighted by molar-refractivity contribution is 7.80. The number of aliphatic imine (C=N–C) groups is 1. The van der Waals surface area contributed by atoms with Crippen molar-refractivity contribution in [1.29, 1.82) is 0 Å². The SMILES string of the molecule is CC(C)C[C@H](NC(=O)[C@H](CCC(N)=O)NC(=O)[C@H](CS)NC(=O)[C@H](CO)NC(=O)[C@@H](N)CC(C)C)C(=O)N[C@@H](Cc1ccc(O)cc1)C(=O)N[C@H](CCC(N)=O)C(=O)N[C@@H](CCCN=C(N)N)C(=O)O. The number of hydrogen-bond donors (Lipinski definition) is 16. The number of carbonyl (C=O) groups is 10. The molecule has 0 saturated carbocycles. The second-order valence-corrected chi connectivity index (χ2v) is 17.7. The van der Waals surface area contributed by atoms with Gasteiger partial charge in [0.25, 0.3) is 0 Å². The van der Waals surface area contributed by atoms with E-state index in [-0.39, 0.29) is 74.4 Å². The maximum absolute atomic E-state index is 14.2. The number of amides is 9. The molecule has 0 aliphatic carbocycles. The molecule has 8 atom stereocenters. The highest BCUT2D eigenvalue weighted by Crippen LogP contribution is 2.14. The number of aliphatic carboxylic acids is 1. The molecule has 0 aromatic heterocycles. The number of carboxylic acid groups (broad SMARTS) is 1. The van der Waals surface area contributed by atoms with Gasteiger partial charge in [0, 0.05) is 31.6 Å². The van der Waals surface area contributed by atoms with E-state index in [2.05, 4.69) is 54.8 Å². The molecule has 0 saturated heterocycles. The molecule has 0 spiro atoms. The molecule has 0 unspecified atom stereocenters. The average Bonchev–Trinajstić information content (AvgIpc) is 3.27. The number of nitrogens with one attached hydrogen (secondary N) is 7. The first kappa shape index (κ1) is 61.3. The second-order valence-electron chi connectivity index (χ2n) is 17.3. The highest BCUT2D eigenvalue weighted by Gasteiger charge is 2.35. The molecule has 0 aliphatic rings. The van der Waals surface area contributed by atoms with Crippen molar-refractivity contribution in [3.05, 3.63) is 29.8 Å². The molecule has 1 aromatic rings. The summed E-state index contributed by atoms with van der Waals surface area (Å²) in [5.41, 5.74) is 27.6. The summed E-state index contributed by atoms with van der Waals surface area (Å²) in [6.07, 6.45) is -1.68. The second kappa shape index (κ2) is 31.4. The van der Waals surface area contributed by atoms with Gasteiger partial charge in [-0.05, 0) is 68.1 Å². The van der Waals surface area contributed by atoms with Crippen molar-refractivity contribution in [3.8, 4) is 5.75 Å². The molecular weight excluding hydrogens is 939 g/mol. The Balaban J connectivity index is 3.49. The Morgan fingerprint density at radius 1 is 0.571 bits per heavy atom. The number of carboxylic acids is 1. The number of guanidine groups is 1. The maximum Gasteiger partial charge on any atom is 0.326 e. The van der Waals surface area contributed by atoms with Crippen LogP contribution in [0.4, 0.5) is 0 Å². The van der Waals surface area contributed by atoms with Crippen molar-refractivity contribution in [3.63, 3.8) is 0 Å². The number of phenolic OH excluding ortho intramolecular Hbond substituents is 1. The minimum absolute atomic E-state index is 0.0411. The normalized spacial score (nSPS) is 14.5. The van der Waals surface area contributed by atoms with E-state index in [9.17, 15) is 63.3 Å². The van der Waals surface area contributed by atoms with Crippen LogP contribution >= 0.6 is 12.6 Å². The number of rotatable bonds is 33. The van der Waals surface area contributed by atoms with Gasteiger partial charge in [0.05, 0.1) is 12.6 Å². The summed E-state index contributed by atoms with van der Waals surface area (Å²) >= 11 is 4.14. The number of carbonyl (C=O) groups excluding carboxylic acids is 9. The molecular formula is C43H71N13O13S. The van der Waals surface area contributed by atoms with E-state index in [1.54, 1.807) is 13.8 Å². The summed E-state index contributed by atoms with van der Waals surface area (Å²) in [7, 11) is 0. The zero-order valence-electron chi connectivity index (χ0n) is 39.8. The summed E-state index contributed by atoms with van der Waals surface area (Å²) < 4.78 is 0. The summed E-state index contributed by atoms with van der Waals surface area (Å²) in [5, 5.41) is 46.5. The largest absolute Gasteiger partial charge is 0.508 e. The van der Waals surface area contributed by atoms with Crippen LogP contribution in [0.2, 0.25) is 0 Å². The molecule has 9 amide bonds. The fraction of sp³-hybridized carbons (Fsp3) is 0.605. The molecule has 27 heteroatoms.